The molecule has 0 fully saturated rings. The van der Waals surface area contributed by atoms with Crippen LogP contribution >= 0.6 is 0 Å². The fourth-order valence-corrected chi connectivity index (χ4v) is 2.19. The molecule has 0 radical (unpaired) electrons. The number of sulfone groups is 1. The molecule has 4 nitrogen and oxygen atoms in total. The van der Waals surface area contributed by atoms with Gasteiger partial charge in [-0.3, -0.25) is 0 Å². The van der Waals surface area contributed by atoms with Crippen molar-refractivity contribution in [3.63, 3.8) is 0 Å². The Kier molecular flexibility index (Phi) is 3.01. The van der Waals surface area contributed by atoms with Gasteiger partial charge in [-0.1, -0.05) is 0 Å². The van der Waals surface area contributed by atoms with Crippen molar-refractivity contribution in [2.24, 2.45) is 0 Å². The third-order valence-electron chi connectivity index (χ3n) is 2.01. The van der Waals surface area contributed by atoms with Crippen LogP contribution in [0.3, 0.4) is 0 Å². The Labute approximate surface area is 83.5 Å². The van der Waals surface area contributed by atoms with Gasteiger partial charge in [0.2, 0.25) is 0 Å². The Balaban J connectivity index is 2.95. The molecule has 0 aliphatic heterocycles. The molecule has 0 saturated heterocycles. The summed E-state index contributed by atoms with van der Waals surface area (Å²) in [7, 11) is -3.17. The van der Waals surface area contributed by atoms with Gasteiger partial charge < -0.3 is 9.52 Å². The molecule has 0 saturated carbocycles. The van der Waals surface area contributed by atoms with Crippen molar-refractivity contribution in [3.05, 3.63) is 23.2 Å². The van der Waals surface area contributed by atoms with Gasteiger partial charge in [0.1, 0.15) is 15.6 Å². The molecule has 1 aromatic rings. The molecule has 0 spiro atoms. The molecule has 1 rings (SSSR count). The zero-order valence-electron chi connectivity index (χ0n) is 8.44. The first-order chi connectivity index (χ1) is 6.31. The predicted molar refractivity (Wildman–Crippen MR) is 52.9 cm³/mol. The molecule has 0 aliphatic rings. The molecule has 0 bridgehead atoms. The Morgan fingerprint density at radius 2 is 2.07 bits per heavy atom. The summed E-state index contributed by atoms with van der Waals surface area (Å²) in [5.74, 6) is 0.299. The fraction of sp³-hybridized carbons (Fsp3) is 0.556. The minimum Gasteiger partial charge on any atom is -0.469 e. The minimum absolute atomic E-state index is 0.270. The van der Waals surface area contributed by atoms with Crippen molar-refractivity contribution in [1.82, 2.24) is 0 Å². The van der Waals surface area contributed by atoms with Crippen LogP contribution in [0.2, 0.25) is 0 Å². The Morgan fingerprint density at radius 3 is 2.43 bits per heavy atom. The van der Waals surface area contributed by atoms with Crippen molar-refractivity contribution < 1.29 is 17.9 Å². The molecule has 14 heavy (non-hydrogen) atoms. The lowest BCUT2D eigenvalue weighted by molar-refractivity contribution is 0.199. The van der Waals surface area contributed by atoms with Crippen molar-refractivity contribution in [3.8, 4) is 0 Å². The Morgan fingerprint density at radius 1 is 1.50 bits per heavy atom. The van der Waals surface area contributed by atoms with Crippen LogP contribution < -0.4 is 0 Å². The van der Waals surface area contributed by atoms with E-state index in [1.165, 1.54) is 6.26 Å². The van der Waals surface area contributed by atoms with E-state index in [1.54, 1.807) is 13.8 Å². The number of furan rings is 1. The molecule has 1 atom stereocenters. The van der Waals surface area contributed by atoms with E-state index in [0.717, 1.165) is 11.8 Å². The quantitative estimate of drug-likeness (QED) is 0.821. The number of aliphatic hydroxyl groups is 1. The van der Waals surface area contributed by atoms with E-state index in [2.05, 4.69) is 0 Å². The molecule has 1 N–H and O–H groups in total. The van der Waals surface area contributed by atoms with Crippen LogP contribution in [0.25, 0.3) is 0 Å². The van der Waals surface area contributed by atoms with Gasteiger partial charge in [0.05, 0.1) is 18.1 Å². The van der Waals surface area contributed by atoms with Gasteiger partial charge in [-0.2, -0.15) is 0 Å². The monoisotopic (exact) mass is 218 g/mol. The van der Waals surface area contributed by atoms with E-state index in [-0.39, 0.29) is 5.75 Å². The van der Waals surface area contributed by atoms with E-state index in [9.17, 15) is 13.5 Å². The first kappa shape index (κ1) is 11.3. The minimum atomic E-state index is -3.17. The lowest BCUT2D eigenvalue weighted by Crippen LogP contribution is -2.13. The summed E-state index contributed by atoms with van der Waals surface area (Å²) in [5.41, 5.74) is 1.36. The van der Waals surface area contributed by atoms with E-state index in [1.807, 2.05) is 0 Å². The van der Waals surface area contributed by atoms with E-state index in [0.29, 0.717) is 11.3 Å². The summed E-state index contributed by atoms with van der Waals surface area (Å²) in [5, 5.41) is 9.67. The van der Waals surface area contributed by atoms with Crippen molar-refractivity contribution in [2.45, 2.75) is 20.0 Å². The smallest absolute Gasteiger partial charge is 0.150 e. The number of aryl methyl sites for hydroxylation is 2. The van der Waals surface area contributed by atoms with Gasteiger partial charge in [0.25, 0.3) is 0 Å². The topological polar surface area (TPSA) is 67.5 Å². The first-order valence-corrected chi connectivity index (χ1v) is 6.27. The van der Waals surface area contributed by atoms with E-state index >= 15 is 0 Å². The molecule has 1 aromatic heterocycles. The zero-order chi connectivity index (χ0) is 10.9. The maximum atomic E-state index is 11.0. The fourth-order valence-electron chi connectivity index (χ4n) is 1.45. The SMILES string of the molecule is Cc1coc(C)c1[C@H](O)CS(C)(=O)=O. The normalized spacial score (nSPS) is 14.3. The summed E-state index contributed by atoms with van der Waals surface area (Å²) < 4.78 is 27.0. The lowest BCUT2D eigenvalue weighted by atomic mass is 10.1. The Hall–Kier alpha value is -0.810. The number of hydrogen-bond donors (Lipinski definition) is 1. The van der Waals surface area contributed by atoms with E-state index < -0.39 is 15.9 Å². The van der Waals surface area contributed by atoms with Crippen molar-refractivity contribution in [2.75, 3.05) is 12.0 Å². The lowest BCUT2D eigenvalue weighted by Gasteiger charge is -2.09. The van der Waals surface area contributed by atoms with Crippen LogP contribution in [0.5, 0.6) is 0 Å². The number of hydrogen-bond acceptors (Lipinski definition) is 4. The van der Waals surface area contributed by atoms with Crippen LogP contribution in [0.1, 0.15) is 23.0 Å². The van der Waals surface area contributed by atoms with Crippen molar-refractivity contribution in [1.29, 1.82) is 0 Å². The maximum Gasteiger partial charge on any atom is 0.150 e. The number of rotatable bonds is 3. The third kappa shape index (κ3) is 2.59. The van der Waals surface area contributed by atoms with Gasteiger partial charge in [-0.25, -0.2) is 8.42 Å². The highest BCUT2D eigenvalue weighted by molar-refractivity contribution is 7.90. The molecular formula is C9H14O4S. The Bertz CT molecular complexity index is 397. The van der Waals surface area contributed by atoms with Gasteiger partial charge >= 0.3 is 0 Å². The molecule has 5 heteroatoms. The largest absolute Gasteiger partial charge is 0.469 e. The maximum absolute atomic E-state index is 11.0. The summed E-state index contributed by atoms with van der Waals surface area (Å²) in [4.78, 5) is 0. The highest BCUT2D eigenvalue weighted by Gasteiger charge is 2.20. The van der Waals surface area contributed by atoms with Gasteiger partial charge in [-0.05, 0) is 19.4 Å². The van der Waals surface area contributed by atoms with Gasteiger partial charge in [-0.15, -0.1) is 0 Å². The van der Waals surface area contributed by atoms with Crippen LogP contribution in [-0.2, 0) is 9.84 Å². The number of aliphatic hydroxyl groups excluding tert-OH is 1. The predicted octanol–water partition coefficient (Wildman–Crippen LogP) is 0.974. The van der Waals surface area contributed by atoms with Crippen LogP contribution in [0.15, 0.2) is 10.7 Å². The first-order valence-electron chi connectivity index (χ1n) is 4.21. The average molecular weight is 218 g/mol. The van der Waals surface area contributed by atoms with Gasteiger partial charge in [0.15, 0.2) is 0 Å². The second-order valence-electron chi connectivity index (χ2n) is 3.50. The summed E-state index contributed by atoms with van der Waals surface area (Å²) in [6, 6.07) is 0. The second-order valence-corrected chi connectivity index (χ2v) is 5.68. The zero-order valence-corrected chi connectivity index (χ0v) is 9.26. The molecular weight excluding hydrogens is 204 g/mol. The van der Waals surface area contributed by atoms with Crippen LogP contribution in [0, 0.1) is 13.8 Å². The van der Waals surface area contributed by atoms with Crippen molar-refractivity contribution >= 4 is 9.84 Å². The standard InChI is InChI=1S/C9H14O4S/c1-6-4-13-7(2)9(6)8(10)5-14(3,11)12/h4,8,10H,5H2,1-3H3/t8-/m1/s1. The summed E-state index contributed by atoms with van der Waals surface area (Å²) in [6.45, 7) is 3.48. The average Bonchev–Trinajstić information content (AvgIpc) is 2.27. The molecule has 80 valence electrons. The van der Waals surface area contributed by atoms with Gasteiger partial charge in [0, 0.05) is 11.8 Å². The second kappa shape index (κ2) is 3.74. The third-order valence-corrected chi connectivity index (χ3v) is 2.93. The summed E-state index contributed by atoms with van der Waals surface area (Å²) >= 11 is 0. The molecule has 0 aromatic carbocycles. The van der Waals surface area contributed by atoms with Crippen LogP contribution in [-0.4, -0.2) is 25.5 Å². The van der Waals surface area contributed by atoms with E-state index in [4.69, 9.17) is 4.42 Å². The highest BCUT2D eigenvalue weighted by Crippen LogP contribution is 2.24. The molecule has 0 aliphatic carbocycles. The molecule has 0 unspecified atom stereocenters. The molecule has 0 amide bonds. The highest BCUT2D eigenvalue weighted by atomic mass is 32.2. The van der Waals surface area contributed by atoms with Crippen LogP contribution in [0.4, 0.5) is 0 Å². The summed E-state index contributed by atoms with van der Waals surface area (Å²) in [6.07, 6.45) is 1.61. The molecule has 1 heterocycles.